The summed E-state index contributed by atoms with van der Waals surface area (Å²) in [6.07, 6.45) is 2.97. The fraction of sp³-hybridized carbons (Fsp3) is 0. The van der Waals surface area contributed by atoms with Crippen LogP contribution >= 0.6 is 12.2 Å². The van der Waals surface area contributed by atoms with Gasteiger partial charge in [-0.05, 0) is 5.21 Å². The summed E-state index contributed by atoms with van der Waals surface area (Å²) in [7, 11) is 0. The molecule has 2 aromatic heterocycles. The van der Waals surface area contributed by atoms with Crippen molar-refractivity contribution in [3.8, 4) is 17.2 Å². The monoisotopic (exact) mass is 283 g/mol. The first kappa shape index (κ1) is 12.3. The van der Waals surface area contributed by atoms with Gasteiger partial charge < -0.3 is 5.73 Å². The molecule has 0 amide bonds. The van der Waals surface area contributed by atoms with Gasteiger partial charge in [0.25, 0.3) is 0 Å². The lowest BCUT2D eigenvalue weighted by Crippen LogP contribution is -2.13. The summed E-state index contributed by atoms with van der Waals surface area (Å²) in [5, 5.41) is 12.2. The molecule has 0 unspecified atom stereocenters. The standard InChI is InChI=1S/C12H9N7S/c13-11(20)9-6-15-10(7-14-9)19-17-12(16-18-19)8-4-2-1-3-5-8/h1-7H,(H2,13,20). The maximum atomic E-state index is 5.46. The first-order valence-corrected chi connectivity index (χ1v) is 6.12. The van der Waals surface area contributed by atoms with Gasteiger partial charge in [0, 0.05) is 5.56 Å². The van der Waals surface area contributed by atoms with Crippen molar-refractivity contribution in [1.29, 1.82) is 0 Å². The average molecular weight is 283 g/mol. The predicted octanol–water partition coefficient (Wildman–Crippen LogP) is 0.753. The first-order valence-electron chi connectivity index (χ1n) is 5.72. The Balaban J connectivity index is 1.92. The Morgan fingerprint density at radius 3 is 2.55 bits per heavy atom. The van der Waals surface area contributed by atoms with E-state index in [4.69, 9.17) is 18.0 Å². The lowest BCUT2D eigenvalue weighted by Gasteiger charge is -1.98. The second-order valence-electron chi connectivity index (χ2n) is 3.89. The second kappa shape index (κ2) is 5.10. The Kier molecular flexibility index (Phi) is 3.13. The average Bonchev–Trinajstić information content (AvgIpc) is 2.98. The highest BCUT2D eigenvalue weighted by molar-refractivity contribution is 7.80. The van der Waals surface area contributed by atoms with Crippen molar-refractivity contribution in [2.75, 3.05) is 0 Å². The largest absolute Gasteiger partial charge is 0.388 e. The summed E-state index contributed by atoms with van der Waals surface area (Å²) in [4.78, 5) is 9.72. The lowest BCUT2D eigenvalue weighted by molar-refractivity contribution is 0.696. The van der Waals surface area contributed by atoms with Gasteiger partial charge in [0.05, 0.1) is 12.4 Å². The van der Waals surface area contributed by atoms with Crippen LogP contribution in [0.4, 0.5) is 0 Å². The van der Waals surface area contributed by atoms with Gasteiger partial charge in [-0.3, -0.25) is 0 Å². The fourth-order valence-electron chi connectivity index (χ4n) is 1.57. The van der Waals surface area contributed by atoms with Crippen LogP contribution in [-0.2, 0) is 0 Å². The van der Waals surface area contributed by atoms with Crippen molar-refractivity contribution in [3.63, 3.8) is 0 Å². The highest BCUT2D eigenvalue weighted by Gasteiger charge is 2.08. The molecule has 7 nitrogen and oxygen atoms in total. The molecule has 3 rings (SSSR count). The van der Waals surface area contributed by atoms with Crippen molar-refractivity contribution < 1.29 is 0 Å². The normalized spacial score (nSPS) is 10.4. The van der Waals surface area contributed by atoms with Gasteiger partial charge in [-0.1, -0.05) is 42.5 Å². The molecule has 0 radical (unpaired) electrons. The summed E-state index contributed by atoms with van der Waals surface area (Å²) in [5.74, 6) is 0.963. The van der Waals surface area contributed by atoms with Gasteiger partial charge in [0.15, 0.2) is 5.82 Å². The molecule has 0 bridgehead atoms. The highest BCUT2D eigenvalue weighted by atomic mass is 32.1. The Bertz CT molecular complexity index is 736. The number of nitrogens with two attached hydrogens (primary N) is 1. The van der Waals surface area contributed by atoms with Gasteiger partial charge in [-0.15, -0.1) is 15.0 Å². The molecule has 2 N–H and O–H groups in total. The van der Waals surface area contributed by atoms with E-state index in [1.165, 1.54) is 17.2 Å². The minimum atomic E-state index is 0.195. The maximum absolute atomic E-state index is 5.46. The van der Waals surface area contributed by atoms with Gasteiger partial charge >= 0.3 is 0 Å². The van der Waals surface area contributed by atoms with E-state index in [9.17, 15) is 0 Å². The molecule has 2 heterocycles. The molecule has 0 aliphatic heterocycles. The van der Waals surface area contributed by atoms with Crippen LogP contribution in [0, 0.1) is 0 Å². The summed E-state index contributed by atoms with van der Waals surface area (Å²) >= 11 is 4.81. The van der Waals surface area contributed by atoms with Crippen molar-refractivity contribution in [2.45, 2.75) is 0 Å². The third-order valence-electron chi connectivity index (χ3n) is 2.54. The van der Waals surface area contributed by atoms with Crippen molar-refractivity contribution in [1.82, 2.24) is 30.2 Å². The second-order valence-corrected chi connectivity index (χ2v) is 4.33. The molecule has 0 atom stereocenters. The molecule has 0 aliphatic carbocycles. The number of tetrazole rings is 1. The van der Waals surface area contributed by atoms with E-state index in [0.717, 1.165) is 5.56 Å². The summed E-state index contributed by atoms with van der Waals surface area (Å²) < 4.78 is 0. The van der Waals surface area contributed by atoms with Gasteiger partial charge in [-0.25, -0.2) is 9.97 Å². The molecule has 3 aromatic rings. The minimum absolute atomic E-state index is 0.195. The van der Waals surface area contributed by atoms with E-state index in [2.05, 4.69) is 25.4 Å². The van der Waals surface area contributed by atoms with E-state index in [-0.39, 0.29) is 4.99 Å². The molecule has 8 heteroatoms. The van der Waals surface area contributed by atoms with Gasteiger partial charge in [-0.2, -0.15) is 0 Å². The summed E-state index contributed by atoms with van der Waals surface area (Å²) in [6, 6.07) is 9.56. The van der Waals surface area contributed by atoms with Crippen LogP contribution in [0.1, 0.15) is 5.69 Å². The van der Waals surface area contributed by atoms with Crippen LogP contribution in [-0.4, -0.2) is 35.2 Å². The molecule has 20 heavy (non-hydrogen) atoms. The number of nitrogens with zero attached hydrogens (tertiary/aromatic N) is 6. The highest BCUT2D eigenvalue weighted by Crippen LogP contribution is 2.12. The number of rotatable bonds is 3. The molecule has 0 fully saturated rings. The van der Waals surface area contributed by atoms with Gasteiger partial charge in [0.2, 0.25) is 5.82 Å². The molecule has 0 saturated carbocycles. The van der Waals surface area contributed by atoms with Crippen molar-refractivity contribution >= 4 is 17.2 Å². The van der Waals surface area contributed by atoms with E-state index in [0.29, 0.717) is 17.3 Å². The summed E-state index contributed by atoms with van der Waals surface area (Å²) in [5.41, 5.74) is 6.79. The van der Waals surface area contributed by atoms with E-state index < -0.39 is 0 Å². The molecule has 0 aliphatic rings. The van der Waals surface area contributed by atoms with Crippen molar-refractivity contribution in [2.24, 2.45) is 5.73 Å². The Morgan fingerprint density at radius 1 is 1.10 bits per heavy atom. The molecular weight excluding hydrogens is 274 g/mol. The third-order valence-corrected chi connectivity index (χ3v) is 2.75. The molecule has 1 aromatic carbocycles. The smallest absolute Gasteiger partial charge is 0.205 e. The number of hydrogen-bond donors (Lipinski definition) is 1. The first-order chi connectivity index (χ1) is 9.74. The number of aromatic nitrogens is 6. The number of hydrogen-bond acceptors (Lipinski definition) is 6. The SMILES string of the molecule is NC(=S)c1cnc(-n2nnc(-c3ccccc3)n2)cn1. The number of thiocarbonyl (C=S) groups is 1. The van der Waals surface area contributed by atoms with Crippen LogP contribution in [0.2, 0.25) is 0 Å². The summed E-state index contributed by atoms with van der Waals surface area (Å²) in [6.45, 7) is 0. The van der Waals surface area contributed by atoms with Crippen LogP contribution in [0.15, 0.2) is 42.7 Å². The zero-order valence-electron chi connectivity index (χ0n) is 10.2. The quantitative estimate of drug-likeness (QED) is 0.709. The van der Waals surface area contributed by atoms with E-state index >= 15 is 0 Å². The van der Waals surface area contributed by atoms with Crippen LogP contribution in [0.25, 0.3) is 17.2 Å². The van der Waals surface area contributed by atoms with E-state index in [1.54, 1.807) is 0 Å². The van der Waals surface area contributed by atoms with Crippen LogP contribution in [0.3, 0.4) is 0 Å². The maximum Gasteiger partial charge on any atom is 0.205 e. The third kappa shape index (κ3) is 2.36. The van der Waals surface area contributed by atoms with Crippen LogP contribution < -0.4 is 5.73 Å². The molecular formula is C12H9N7S. The van der Waals surface area contributed by atoms with E-state index in [1.807, 2.05) is 30.3 Å². The molecule has 0 spiro atoms. The lowest BCUT2D eigenvalue weighted by atomic mass is 10.2. The zero-order chi connectivity index (χ0) is 13.9. The van der Waals surface area contributed by atoms with Crippen molar-refractivity contribution in [3.05, 3.63) is 48.4 Å². The Morgan fingerprint density at radius 2 is 1.90 bits per heavy atom. The number of benzene rings is 1. The minimum Gasteiger partial charge on any atom is -0.388 e. The molecule has 98 valence electrons. The van der Waals surface area contributed by atoms with Crippen LogP contribution in [0.5, 0.6) is 0 Å². The Hall–Kier alpha value is -2.74. The molecule has 0 saturated heterocycles. The van der Waals surface area contributed by atoms with Gasteiger partial charge in [0.1, 0.15) is 10.7 Å². The topological polar surface area (TPSA) is 95.4 Å². The predicted molar refractivity (Wildman–Crippen MR) is 76.1 cm³/mol. The Labute approximate surface area is 119 Å². The fourth-order valence-corrected chi connectivity index (χ4v) is 1.67. The zero-order valence-corrected chi connectivity index (χ0v) is 11.0.